The van der Waals surface area contributed by atoms with Crippen molar-refractivity contribution < 1.29 is 0 Å². The number of nitrogens with one attached hydrogen (secondary N) is 1. The molecule has 1 saturated heterocycles. The number of rotatable bonds is 1. The highest BCUT2D eigenvalue weighted by atomic mass is 32.2. The Morgan fingerprint density at radius 3 is 3.20 bits per heavy atom. The topological polar surface area (TPSA) is 12.0 Å². The third-order valence-electron chi connectivity index (χ3n) is 1.52. The summed E-state index contributed by atoms with van der Waals surface area (Å²) in [7, 11) is 0. The van der Waals surface area contributed by atoms with Gasteiger partial charge in [-0.3, -0.25) is 0 Å². The van der Waals surface area contributed by atoms with Crippen molar-refractivity contribution in [3.05, 3.63) is 22.4 Å². The second-order valence-corrected chi connectivity index (χ2v) is 4.41. The van der Waals surface area contributed by atoms with Crippen molar-refractivity contribution in [1.82, 2.24) is 5.32 Å². The fourth-order valence-electron chi connectivity index (χ4n) is 1.05. The van der Waals surface area contributed by atoms with E-state index in [-0.39, 0.29) is 0 Å². The predicted octanol–water partition coefficient (Wildman–Crippen LogP) is 2.08. The van der Waals surface area contributed by atoms with E-state index in [1.165, 1.54) is 10.6 Å². The van der Waals surface area contributed by atoms with E-state index in [2.05, 4.69) is 22.8 Å². The number of hydrogen-bond donors (Lipinski definition) is 1. The molecule has 2 rings (SSSR count). The summed E-state index contributed by atoms with van der Waals surface area (Å²) < 4.78 is 0. The molecular weight excluding hydrogens is 162 g/mol. The van der Waals surface area contributed by atoms with E-state index in [4.69, 9.17) is 0 Å². The Bertz CT molecular complexity index is 189. The lowest BCUT2D eigenvalue weighted by atomic mass is 10.4. The molecule has 54 valence electrons. The zero-order valence-electron chi connectivity index (χ0n) is 5.54. The van der Waals surface area contributed by atoms with Gasteiger partial charge in [0.1, 0.15) is 0 Å². The molecule has 1 aromatic rings. The molecule has 0 spiro atoms. The molecule has 2 heterocycles. The van der Waals surface area contributed by atoms with Gasteiger partial charge >= 0.3 is 0 Å². The van der Waals surface area contributed by atoms with Gasteiger partial charge in [-0.1, -0.05) is 6.07 Å². The van der Waals surface area contributed by atoms with Crippen LogP contribution in [0.2, 0.25) is 0 Å². The molecule has 1 aliphatic rings. The Morgan fingerprint density at radius 1 is 1.60 bits per heavy atom. The van der Waals surface area contributed by atoms with Crippen LogP contribution >= 0.6 is 23.1 Å². The molecule has 0 aliphatic carbocycles. The molecule has 0 radical (unpaired) electrons. The van der Waals surface area contributed by atoms with Gasteiger partial charge < -0.3 is 5.32 Å². The summed E-state index contributed by atoms with van der Waals surface area (Å²) in [5.74, 6) is 1.25. The molecule has 10 heavy (non-hydrogen) atoms. The van der Waals surface area contributed by atoms with Crippen molar-refractivity contribution >= 4 is 23.1 Å². The Morgan fingerprint density at radius 2 is 2.60 bits per heavy atom. The lowest BCUT2D eigenvalue weighted by Gasteiger charge is -2.04. The van der Waals surface area contributed by atoms with Gasteiger partial charge in [-0.25, -0.2) is 0 Å². The Balaban J connectivity index is 2.12. The summed E-state index contributed by atoms with van der Waals surface area (Å²) in [6, 6.07) is 4.31. The summed E-state index contributed by atoms with van der Waals surface area (Å²) in [6.45, 7) is 1.16. The molecule has 1 fully saturated rings. The van der Waals surface area contributed by atoms with Gasteiger partial charge in [0.15, 0.2) is 0 Å². The molecule has 0 amide bonds. The van der Waals surface area contributed by atoms with Gasteiger partial charge in [0, 0.05) is 17.2 Å². The molecular formula is C7H9NS2. The third kappa shape index (κ3) is 1.21. The largest absolute Gasteiger partial charge is 0.300 e. The molecule has 1 N–H and O–H groups in total. The first-order chi connectivity index (χ1) is 4.97. The van der Waals surface area contributed by atoms with Crippen LogP contribution in [0.1, 0.15) is 10.3 Å². The van der Waals surface area contributed by atoms with Gasteiger partial charge in [0.2, 0.25) is 0 Å². The minimum Gasteiger partial charge on any atom is -0.300 e. The van der Waals surface area contributed by atoms with Crippen LogP contribution in [0.5, 0.6) is 0 Å². The zero-order valence-corrected chi connectivity index (χ0v) is 7.17. The van der Waals surface area contributed by atoms with E-state index in [9.17, 15) is 0 Å². The molecule has 1 nitrogen and oxygen atoms in total. The van der Waals surface area contributed by atoms with Gasteiger partial charge in [-0.05, 0) is 11.4 Å². The summed E-state index contributed by atoms with van der Waals surface area (Å²) >= 11 is 3.84. The average Bonchev–Trinajstić information content (AvgIpc) is 2.59. The molecule has 0 bridgehead atoms. The van der Waals surface area contributed by atoms with Gasteiger partial charge in [0.05, 0.1) is 5.37 Å². The summed E-state index contributed by atoms with van der Waals surface area (Å²) in [4.78, 5) is 1.46. The van der Waals surface area contributed by atoms with E-state index in [0.717, 1.165) is 6.54 Å². The SMILES string of the molecule is c1csc([C@H]2NCCS2)c1. The minimum atomic E-state index is 0.583. The molecule has 0 saturated carbocycles. The van der Waals surface area contributed by atoms with Gasteiger partial charge in [0.25, 0.3) is 0 Å². The van der Waals surface area contributed by atoms with Crippen LogP contribution in [0.4, 0.5) is 0 Å². The summed E-state index contributed by atoms with van der Waals surface area (Å²) in [6.07, 6.45) is 0. The van der Waals surface area contributed by atoms with E-state index in [0.29, 0.717) is 5.37 Å². The molecule has 1 atom stereocenters. The van der Waals surface area contributed by atoms with E-state index in [1.54, 1.807) is 0 Å². The van der Waals surface area contributed by atoms with E-state index < -0.39 is 0 Å². The quantitative estimate of drug-likeness (QED) is 0.694. The van der Waals surface area contributed by atoms with Crippen LogP contribution in [0.25, 0.3) is 0 Å². The maximum absolute atomic E-state index is 3.43. The van der Waals surface area contributed by atoms with Crippen molar-refractivity contribution in [2.75, 3.05) is 12.3 Å². The molecule has 0 aromatic carbocycles. The van der Waals surface area contributed by atoms with Crippen molar-refractivity contribution in [2.24, 2.45) is 0 Å². The van der Waals surface area contributed by atoms with E-state index in [1.807, 2.05) is 23.1 Å². The lowest BCUT2D eigenvalue weighted by molar-refractivity contribution is 0.761. The van der Waals surface area contributed by atoms with Crippen LogP contribution in [0.15, 0.2) is 17.5 Å². The van der Waals surface area contributed by atoms with Gasteiger partial charge in [-0.15, -0.1) is 23.1 Å². The van der Waals surface area contributed by atoms with Crippen molar-refractivity contribution in [2.45, 2.75) is 5.37 Å². The standard InChI is InChI=1S/C7H9NS2/c1-2-6(9-4-1)7-8-3-5-10-7/h1-2,4,7-8H,3,5H2/t7-/m0/s1. The number of hydrogen-bond acceptors (Lipinski definition) is 3. The average molecular weight is 171 g/mol. The fourth-order valence-corrected chi connectivity index (χ4v) is 3.05. The Kier molecular flexibility index (Phi) is 1.97. The molecule has 1 aromatic heterocycles. The maximum atomic E-state index is 3.43. The van der Waals surface area contributed by atoms with Crippen LogP contribution in [-0.2, 0) is 0 Å². The first-order valence-corrected chi connectivity index (χ1v) is 5.28. The highest BCUT2D eigenvalue weighted by Crippen LogP contribution is 2.32. The van der Waals surface area contributed by atoms with Gasteiger partial charge in [-0.2, -0.15) is 0 Å². The monoisotopic (exact) mass is 171 g/mol. The Hall–Kier alpha value is 0.01000. The van der Waals surface area contributed by atoms with E-state index >= 15 is 0 Å². The maximum Gasteiger partial charge on any atom is 0.0883 e. The molecule has 1 aliphatic heterocycles. The summed E-state index contributed by atoms with van der Waals surface area (Å²) in [5.41, 5.74) is 0. The highest BCUT2D eigenvalue weighted by Gasteiger charge is 2.16. The van der Waals surface area contributed by atoms with Crippen LogP contribution in [0.3, 0.4) is 0 Å². The van der Waals surface area contributed by atoms with Crippen molar-refractivity contribution in [3.8, 4) is 0 Å². The molecule has 0 unspecified atom stereocenters. The second-order valence-electron chi connectivity index (χ2n) is 2.22. The normalized spacial score (nSPS) is 25.4. The number of thioether (sulfide) groups is 1. The third-order valence-corrected chi connectivity index (χ3v) is 3.80. The Labute approximate surface area is 68.8 Å². The number of thiophene rings is 1. The van der Waals surface area contributed by atoms with Crippen LogP contribution < -0.4 is 5.32 Å². The zero-order chi connectivity index (χ0) is 6.81. The van der Waals surface area contributed by atoms with Crippen LogP contribution in [-0.4, -0.2) is 12.3 Å². The van der Waals surface area contributed by atoms with Crippen LogP contribution in [0, 0.1) is 0 Å². The summed E-state index contributed by atoms with van der Waals surface area (Å²) in [5, 5.41) is 6.15. The smallest absolute Gasteiger partial charge is 0.0883 e. The fraction of sp³-hybridized carbons (Fsp3) is 0.429. The predicted molar refractivity (Wildman–Crippen MR) is 47.5 cm³/mol. The second kappa shape index (κ2) is 2.95. The molecule has 3 heteroatoms. The van der Waals surface area contributed by atoms with Crippen molar-refractivity contribution in [3.63, 3.8) is 0 Å². The first-order valence-electron chi connectivity index (χ1n) is 3.35. The first kappa shape index (κ1) is 6.70. The highest BCUT2D eigenvalue weighted by molar-refractivity contribution is 7.99. The minimum absolute atomic E-state index is 0.583. The lowest BCUT2D eigenvalue weighted by Crippen LogP contribution is -2.10. The van der Waals surface area contributed by atoms with Crippen molar-refractivity contribution in [1.29, 1.82) is 0 Å².